The van der Waals surface area contributed by atoms with Crippen LogP contribution in [0.3, 0.4) is 0 Å². The first kappa shape index (κ1) is 21.7. The number of benzene rings is 1. The predicted molar refractivity (Wildman–Crippen MR) is 99.1 cm³/mol. The van der Waals surface area contributed by atoms with E-state index in [0.29, 0.717) is 29.5 Å². The highest BCUT2D eigenvalue weighted by molar-refractivity contribution is 6.32. The van der Waals surface area contributed by atoms with E-state index in [-0.39, 0.29) is 18.3 Å². The SMILES string of the molecule is CC(C)C1OCC(Oc2cc([C@@H]3O[C@H](CO)[C@@H](O)[C@H](O)[C@H]3O)ccc2Cl)CO1. The normalized spacial score (nSPS) is 36.5. The van der Waals surface area contributed by atoms with Crippen LogP contribution in [0.2, 0.25) is 5.02 Å². The fourth-order valence-electron chi connectivity index (χ4n) is 3.30. The first-order chi connectivity index (χ1) is 13.3. The molecular weight excluding hydrogens is 392 g/mol. The van der Waals surface area contributed by atoms with Gasteiger partial charge < -0.3 is 39.4 Å². The minimum Gasteiger partial charge on any atom is -0.484 e. The molecule has 0 unspecified atom stereocenters. The number of hydrogen-bond donors (Lipinski definition) is 4. The van der Waals surface area contributed by atoms with Gasteiger partial charge in [-0.1, -0.05) is 31.5 Å². The van der Waals surface area contributed by atoms with Gasteiger partial charge in [0.05, 0.1) is 24.8 Å². The molecule has 8 nitrogen and oxygen atoms in total. The lowest BCUT2D eigenvalue weighted by molar-refractivity contribution is -0.232. The van der Waals surface area contributed by atoms with Crippen LogP contribution in [0.25, 0.3) is 0 Å². The monoisotopic (exact) mass is 418 g/mol. The average Bonchev–Trinajstić information content (AvgIpc) is 2.69. The third-order valence-corrected chi connectivity index (χ3v) is 5.22. The van der Waals surface area contributed by atoms with Crippen LogP contribution in [0.5, 0.6) is 5.75 Å². The maximum Gasteiger partial charge on any atom is 0.160 e. The largest absolute Gasteiger partial charge is 0.484 e. The van der Waals surface area contributed by atoms with Crippen LogP contribution in [0.4, 0.5) is 0 Å². The zero-order valence-corrected chi connectivity index (χ0v) is 16.5. The quantitative estimate of drug-likeness (QED) is 0.550. The van der Waals surface area contributed by atoms with Gasteiger partial charge in [0.2, 0.25) is 0 Å². The molecule has 2 aliphatic heterocycles. The fraction of sp³-hybridized carbons (Fsp3) is 0.684. The summed E-state index contributed by atoms with van der Waals surface area (Å²) in [6, 6.07) is 4.82. The van der Waals surface area contributed by atoms with Crippen LogP contribution in [-0.2, 0) is 14.2 Å². The molecule has 0 aliphatic carbocycles. The summed E-state index contributed by atoms with van der Waals surface area (Å²) < 4.78 is 22.8. The van der Waals surface area contributed by atoms with Gasteiger partial charge in [-0.05, 0) is 17.7 Å². The van der Waals surface area contributed by atoms with Crippen molar-refractivity contribution in [3.05, 3.63) is 28.8 Å². The van der Waals surface area contributed by atoms with Crippen LogP contribution in [0.15, 0.2) is 18.2 Å². The van der Waals surface area contributed by atoms with Gasteiger partial charge in [0.25, 0.3) is 0 Å². The van der Waals surface area contributed by atoms with Crippen molar-refractivity contribution in [2.24, 2.45) is 5.92 Å². The van der Waals surface area contributed by atoms with Crippen molar-refractivity contribution in [1.29, 1.82) is 0 Å². The summed E-state index contributed by atoms with van der Waals surface area (Å²) in [5, 5.41) is 40.0. The Labute approximate surface area is 168 Å². The summed E-state index contributed by atoms with van der Waals surface area (Å²) in [7, 11) is 0. The van der Waals surface area contributed by atoms with Gasteiger partial charge >= 0.3 is 0 Å². The first-order valence-corrected chi connectivity index (χ1v) is 9.69. The van der Waals surface area contributed by atoms with Crippen molar-refractivity contribution in [3.8, 4) is 5.75 Å². The number of aliphatic hydroxyl groups is 4. The first-order valence-electron chi connectivity index (χ1n) is 9.31. The summed E-state index contributed by atoms with van der Waals surface area (Å²) in [6.45, 7) is 4.22. The van der Waals surface area contributed by atoms with Crippen LogP contribution < -0.4 is 4.74 Å². The molecule has 158 valence electrons. The van der Waals surface area contributed by atoms with E-state index in [2.05, 4.69) is 0 Å². The Bertz CT molecular complexity index is 647. The highest BCUT2D eigenvalue weighted by Gasteiger charge is 2.44. The molecule has 5 atom stereocenters. The Kier molecular flexibility index (Phi) is 7.17. The minimum absolute atomic E-state index is 0.235. The van der Waals surface area contributed by atoms with Gasteiger partial charge in [-0.3, -0.25) is 0 Å². The molecule has 2 fully saturated rings. The van der Waals surface area contributed by atoms with Gasteiger partial charge in [0, 0.05) is 5.92 Å². The predicted octanol–water partition coefficient (Wildman–Crippen LogP) is 0.631. The summed E-state index contributed by atoms with van der Waals surface area (Å²) in [5.74, 6) is 0.593. The summed E-state index contributed by atoms with van der Waals surface area (Å²) in [6.07, 6.45) is -6.81. The lowest BCUT2D eigenvalue weighted by Crippen LogP contribution is -2.55. The molecule has 2 heterocycles. The smallest absolute Gasteiger partial charge is 0.160 e. The van der Waals surface area contributed by atoms with E-state index < -0.39 is 37.1 Å². The number of aliphatic hydroxyl groups excluding tert-OH is 4. The summed E-state index contributed by atoms with van der Waals surface area (Å²) in [5.41, 5.74) is 0.494. The van der Waals surface area contributed by atoms with Crippen molar-refractivity contribution >= 4 is 11.6 Å². The average molecular weight is 419 g/mol. The van der Waals surface area contributed by atoms with E-state index in [1.807, 2.05) is 13.8 Å². The number of halogens is 1. The van der Waals surface area contributed by atoms with Gasteiger partial charge in [0.1, 0.15) is 42.4 Å². The Morgan fingerprint density at radius 2 is 1.79 bits per heavy atom. The van der Waals surface area contributed by atoms with Crippen molar-refractivity contribution in [1.82, 2.24) is 0 Å². The molecule has 2 saturated heterocycles. The summed E-state index contributed by atoms with van der Waals surface area (Å²) >= 11 is 6.24. The van der Waals surface area contributed by atoms with Gasteiger partial charge in [-0.25, -0.2) is 0 Å². The second-order valence-corrected chi connectivity index (χ2v) is 7.87. The molecule has 0 radical (unpaired) electrons. The third-order valence-electron chi connectivity index (χ3n) is 4.91. The molecular formula is C19H27ClO8. The van der Waals surface area contributed by atoms with Crippen LogP contribution in [-0.4, -0.2) is 77.1 Å². The van der Waals surface area contributed by atoms with E-state index in [1.165, 1.54) is 0 Å². The number of hydrogen-bond acceptors (Lipinski definition) is 8. The lowest BCUT2D eigenvalue weighted by atomic mass is 9.91. The van der Waals surface area contributed by atoms with Crippen LogP contribution in [0.1, 0.15) is 25.5 Å². The molecule has 3 rings (SSSR count). The molecule has 9 heteroatoms. The molecule has 1 aromatic rings. The van der Waals surface area contributed by atoms with E-state index >= 15 is 0 Å². The zero-order chi connectivity index (χ0) is 20.4. The van der Waals surface area contributed by atoms with Crippen molar-refractivity contribution < 1.29 is 39.4 Å². The van der Waals surface area contributed by atoms with E-state index in [4.69, 9.17) is 30.5 Å². The topological polar surface area (TPSA) is 118 Å². The Morgan fingerprint density at radius 1 is 1.11 bits per heavy atom. The van der Waals surface area contributed by atoms with Crippen LogP contribution >= 0.6 is 11.6 Å². The third kappa shape index (κ3) is 4.60. The number of ether oxygens (including phenoxy) is 4. The Hall–Kier alpha value is -0.970. The Balaban J connectivity index is 1.73. The lowest BCUT2D eigenvalue weighted by Gasteiger charge is -2.40. The maximum absolute atomic E-state index is 10.3. The zero-order valence-electron chi connectivity index (χ0n) is 15.8. The fourth-order valence-corrected chi connectivity index (χ4v) is 3.46. The minimum atomic E-state index is -1.45. The molecule has 28 heavy (non-hydrogen) atoms. The summed E-state index contributed by atoms with van der Waals surface area (Å²) in [4.78, 5) is 0. The number of rotatable bonds is 5. The Morgan fingerprint density at radius 3 is 2.39 bits per heavy atom. The molecule has 0 spiro atoms. The van der Waals surface area contributed by atoms with Crippen LogP contribution in [0, 0.1) is 5.92 Å². The molecule has 0 saturated carbocycles. The molecule has 0 bridgehead atoms. The van der Waals surface area contributed by atoms with Gasteiger partial charge in [-0.2, -0.15) is 0 Å². The van der Waals surface area contributed by atoms with Crippen molar-refractivity contribution in [2.45, 2.75) is 56.8 Å². The molecule has 2 aliphatic rings. The standard InChI is InChI=1S/C19H27ClO8/c1-9(2)19-25-7-11(8-26-19)27-13-5-10(3-4-12(13)20)18-17(24)16(23)15(22)14(6-21)28-18/h3-5,9,11,14-19,21-24H,6-8H2,1-2H3/t11?,14-,15-,16+,17-,18+,19?/m1/s1. The molecule has 0 aromatic heterocycles. The maximum atomic E-state index is 10.3. The second-order valence-electron chi connectivity index (χ2n) is 7.46. The van der Waals surface area contributed by atoms with Crippen molar-refractivity contribution in [3.63, 3.8) is 0 Å². The molecule has 4 N–H and O–H groups in total. The van der Waals surface area contributed by atoms with E-state index in [1.54, 1.807) is 18.2 Å². The van der Waals surface area contributed by atoms with Gasteiger partial charge in [0.15, 0.2) is 6.29 Å². The molecule has 1 aromatic carbocycles. The van der Waals surface area contributed by atoms with E-state index in [9.17, 15) is 20.4 Å². The van der Waals surface area contributed by atoms with Gasteiger partial charge in [-0.15, -0.1) is 0 Å². The molecule has 0 amide bonds. The second kappa shape index (κ2) is 9.23. The van der Waals surface area contributed by atoms with Crippen molar-refractivity contribution in [2.75, 3.05) is 19.8 Å². The highest BCUT2D eigenvalue weighted by Crippen LogP contribution is 2.36. The van der Waals surface area contributed by atoms with E-state index in [0.717, 1.165) is 0 Å². The highest BCUT2D eigenvalue weighted by atomic mass is 35.5.